The number of halogens is 2. The molecule has 0 aromatic heterocycles. The molecule has 0 heterocycles. The zero-order valence-corrected chi connectivity index (χ0v) is 13.6. The van der Waals surface area contributed by atoms with Crippen molar-refractivity contribution < 1.29 is 17.6 Å². The standard InChI is InChI=1S/C15H11BrFNO3S/c16-12-4-8-14(9-5-12)22(20,21)18-15(19)10-3-11-1-6-13(17)7-2-11/h1-10H,(H,18,19)/b10-3+. The quantitative estimate of drug-likeness (QED) is 0.825. The first kappa shape index (κ1) is 16.4. The second kappa shape index (κ2) is 6.85. The van der Waals surface area contributed by atoms with E-state index in [1.54, 1.807) is 12.1 Å². The lowest BCUT2D eigenvalue weighted by Crippen LogP contribution is -2.28. The second-order valence-corrected chi connectivity index (χ2v) is 6.91. The molecule has 0 bridgehead atoms. The molecule has 0 fully saturated rings. The van der Waals surface area contributed by atoms with Gasteiger partial charge in [0.25, 0.3) is 15.9 Å². The van der Waals surface area contributed by atoms with Gasteiger partial charge in [0.05, 0.1) is 4.90 Å². The van der Waals surface area contributed by atoms with Gasteiger partial charge < -0.3 is 0 Å². The summed E-state index contributed by atoms with van der Waals surface area (Å²) in [7, 11) is -3.92. The summed E-state index contributed by atoms with van der Waals surface area (Å²) in [5, 5.41) is 0. The lowest BCUT2D eigenvalue weighted by Gasteiger charge is -2.04. The zero-order chi connectivity index (χ0) is 16.2. The van der Waals surface area contributed by atoms with Crippen molar-refractivity contribution in [2.45, 2.75) is 4.90 Å². The highest BCUT2D eigenvalue weighted by Crippen LogP contribution is 2.14. The molecule has 0 saturated carbocycles. The van der Waals surface area contributed by atoms with E-state index in [0.29, 0.717) is 5.56 Å². The van der Waals surface area contributed by atoms with Gasteiger partial charge in [0.2, 0.25) is 0 Å². The fourth-order valence-corrected chi connectivity index (χ4v) is 2.79. The number of sulfonamides is 1. The zero-order valence-electron chi connectivity index (χ0n) is 11.2. The summed E-state index contributed by atoms with van der Waals surface area (Å²) >= 11 is 3.20. The number of hydrogen-bond donors (Lipinski definition) is 1. The van der Waals surface area contributed by atoms with Crippen molar-refractivity contribution in [2.75, 3.05) is 0 Å². The minimum atomic E-state index is -3.92. The molecule has 0 spiro atoms. The summed E-state index contributed by atoms with van der Waals surface area (Å²) < 4.78 is 39.4. The summed E-state index contributed by atoms with van der Waals surface area (Å²) in [4.78, 5) is 11.7. The second-order valence-electron chi connectivity index (χ2n) is 4.31. The van der Waals surface area contributed by atoms with Crippen LogP contribution in [0.4, 0.5) is 4.39 Å². The molecule has 0 aliphatic heterocycles. The predicted molar refractivity (Wildman–Crippen MR) is 84.9 cm³/mol. The van der Waals surface area contributed by atoms with Crippen LogP contribution in [0.25, 0.3) is 6.08 Å². The highest BCUT2D eigenvalue weighted by Gasteiger charge is 2.15. The van der Waals surface area contributed by atoms with E-state index in [4.69, 9.17) is 0 Å². The third-order valence-electron chi connectivity index (χ3n) is 2.66. The highest BCUT2D eigenvalue weighted by atomic mass is 79.9. The van der Waals surface area contributed by atoms with Gasteiger partial charge in [-0.15, -0.1) is 0 Å². The van der Waals surface area contributed by atoms with Gasteiger partial charge in [-0.2, -0.15) is 0 Å². The first-order chi connectivity index (χ1) is 10.4. The Morgan fingerprint density at radius 1 is 1.05 bits per heavy atom. The van der Waals surface area contributed by atoms with Crippen LogP contribution in [0.1, 0.15) is 5.56 Å². The van der Waals surface area contributed by atoms with E-state index in [1.807, 2.05) is 4.72 Å². The van der Waals surface area contributed by atoms with Gasteiger partial charge in [-0.1, -0.05) is 28.1 Å². The van der Waals surface area contributed by atoms with Crippen molar-refractivity contribution >= 4 is 37.9 Å². The van der Waals surface area contributed by atoms with E-state index in [0.717, 1.165) is 10.5 Å². The highest BCUT2D eigenvalue weighted by molar-refractivity contribution is 9.10. The van der Waals surface area contributed by atoms with Gasteiger partial charge in [0.15, 0.2) is 0 Å². The Bertz CT molecular complexity index is 800. The molecule has 0 radical (unpaired) electrons. The summed E-state index contributed by atoms with van der Waals surface area (Å²) in [6.45, 7) is 0. The van der Waals surface area contributed by atoms with E-state index in [1.165, 1.54) is 42.5 Å². The molecule has 1 N–H and O–H groups in total. The molecular weight excluding hydrogens is 373 g/mol. The summed E-state index contributed by atoms with van der Waals surface area (Å²) in [5.74, 6) is -1.17. The van der Waals surface area contributed by atoms with Crippen LogP contribution in [0.15, 0.2) is 64.0 Å². The van der Waals surface area contributed by atoms with Gasteiger partial charge in [0, 0.05) is 10.5 Å². The van der Waals surface area contributed by atoms with Crippen molar-refractivity contribution in [3.63, 3.8) is 0 Å². The molecule has 2 aromatic rings. The number of amides is 1. The van der Waals surface area contributed by atoms with Crippen LogP contribution in [0.3, 0.4) is 0 Å². The van der Waals surface area contributed by atoms with Crippen LogP contribution in [0, 0.1) is 5.82 Å². The SMILES string of the molecule is O=C(/C=C/c1ccc(F)cc1)NS(=O)(=O)c1ccc(Br)cc1. The molecule has 2 aromatic carbocycles. The summed E-state index contributed by atoms with van der Waals surface area (Å²) in [5.41, 5.74) is 0.581. The van der Waals surface area contributed by atoms with E-state index < -0.39 is 15.9 Å². The minimum absolute atomic E-state index is 0.0146. The van der Waals surface area contributed by atoms with Crippen molar-refractivity contribution in [2.24, 2.45) is 0 Å². The maximum Gasteiger partial charge on any atom is 0.264 e. The van der Waals surface area contributed by atoms with Crippen LogP contribution < -0.4 is 4.72 Å². The molecule has 7 heteroatoms. The maximum atomic E-state index is 12.7. The van der Waals surface area contributed by atoms with Crippen LogP contribution in [0.2, 0.25) is 0 Å². The third-order valence-corrected chi connectivity index (χ3v) is 4.55. The van der Waals surface area contributed by atoms with Crippen LogP contribution in [-0.4, -0.2) is 14.3 Å². The van der Waals surface area contributed by atoms with Crippen molar-refractivity contribution in [1.29, 1.82) is 0 Å². The molecule has 0 unspecified atom stereocenters. The Morgan fingerprint density at radius 3 is 2.23 bits per heavy atom. The van der Waals surface area contributed by atoms with Crippen LogP contribution in [-0.2, 0) is 14.8 Å². The summed E-state index contributed by atoms with van der Waals surface area (Å²) in [6.07, 6.45) is 2.47. The fourth-order valence-electron chi connectivity index (χ4n) is 1.58. The Morgan fingerprint density at radius 2 is 1.64 bits per heavy atom. The first-order valence-corrected chi connectivity index (χ1v) is 8.40. The molecule has 0 aliphatic carbocycles. The third kappa shape index (κ3) is 4.51. The molecule has 0 atom stereocenters. The van der Waals surface area contributed by atoms with Crippen molar-refractivity contribution in [1.82, 2.24) is 4.72 Å². The Kier molecular flexibility index (Phi) is 5.10. The number of rotatable bonds is 4. The topological polar surface area (TPSA) is 63.2 Å². The molecule has 1 amide bonds. The molecule has 22 heavy (non-hydrogen) atoms. The minimum Gasteiger partial charge on any atom is -0.269 e. The first-order valence-electron chi connectivity index (χ1n) is 6.13. The van der Waals surface area contributed by atoms with Crippen molar-refractivity contribution in [3.05, 3.63) is 70.5 Å². The Hall–Kier alpha value is -1.99. The number of benzene rings is 2. The number of carbonyl (C=O) groups is 1. The van der Waals surface area contributed by atoms with E-state index in [-0.39, 0.29) is 10.7 Å². The normalized spacial score (nSPS) is 11.5. The van der Waals surface area contributed by atoms with Gasteiger partial charge >= 0.3 is 0 Å². The van der Waals surface area contributed by atoms with E-state index in [2.05, 4.69) is 15.9 Å². The van der Waals surface area contributed by atoms with Crippen molar-refractivity contribution in [3.8, 4) is 0 Å². The number of hydrogen-bond acceptors (Lipinski definition) is 3. The largest absolute Gasteiger partial charge is 0.269 e. The molecule has 0 saturated heterocycles. The monoisotopic (exact) mass is 383 g/mol. The number of nitrogens with one attached hydrogen (secondary N) is 1. The average Bonchev–Trinajstić information content (AvgIpc) is 2.46. The van der Waals surface area contributed by atoms with Gasteiger partial charge in [-0.25, -0.2) is 17.5 Å². The number of carbonyl (C=O) groups excluding carboxylic acids is 1. The molecule has 0 aliphatic rings. The Balaban J connectivity index is 2.07. The molecule has 2 rings (SSSR count). The lowest BCUT2D eigenvalue weighted by atomic mass is 10.2. The molecule has 114 valence electrons. The summed E-state index contributed by atoms with van der Waals surface area (Å²) in [6, 6.07) is 11.3. The molecular formula is C15H11BrFNO3S. The van der Waals surface area contributed by atoms with E-state index >= 15 is 0 Å². The van der Waals surface area contributed by atoms with E-state index in [9.17, 15) is 17.6 Å². The predicted octanol–water partition coefficient (Wildman–Crippen LogP) is 3.11. The van der Waals surface area contributed by atoms with Gasteiger partial charge in [0.1, 0.15) is 5.82 Å². The van der Waals surface area contributed by atoms with Crippen LogP contribution >= 0.6 is 15.9 Å². The maximum absolute atomic E-state index is 12.7. The Labute approximate surface area is 135 Å². The fraction of sp³-hybridized carbons (Fsp3) is 0. The van der Waals surface area contributed by atoms with Gasteiger partial charge in [-0.3, -0.25) is 4.79 Å². The average molecular weight is 384 g/mol. The molecule has 4 nitrogen and oxygen atoms in total. The lowest BCUT2D eigenvalue weighted by molar-refractivity contribution is -0.114. The van der Waals surface area contributed by atoms with Gasteiger partial charge in [-0.05, 0) is 48.0 Å². The van der Waals surface area contributed by atoms with Crippen LogP contribution in [0.5, 0.6) is 0 Å². The smallest absolute Gasteiger partial charge is 0.264 e.